The van der Waals surface area contributed by atoms with Gasteiger partial charge in [0, 0.05) is 0 Å². The van der Waals surface area contributed by atoms with Crippen LogP contribution in [0.25, 0.3) is 0 Å². The Morgan fingerprint density at radius 2 is 1.40 bits per heavy atom. The lowest BCUT2D eigenvalue weighted by molar-refractivity contribution is -0.233. The normalized spacial score (nSPS) is 26.2. The number of hydrogen-bond acceptors (Lipinski definition) is 7. The Labute approximate surface area is 172 Å². The van der Waals surface area contributed by atoms with Gasteiger partial charge in [-0.05, 0) is 11.1 Å². The van der Waals surface area contributed by atoms with Gasteiger partial charge in [-0.2, -0.15) is 0 Å². The number of hydrogen-bond donors (Lipinski definition) is 6. The summed E-state index contributed by atoms with van der Waals surface area (Å²) in [4.78, 5) is 25.3. The number of imide groups is 1. The average molecular weight is 416 g/mol. The standard InChI is InChI=1S/C21H24N2O7/c24-11-14-16(25)17(26)18(27)20(30-14)23-21(29)22-19(28)15(12-7-3-1-4-8-12)13-9-5-2-6-10-13/h1-10,14-18,20,24-27H,11H2,(H2,22,23,28,29)/t14-,16-,17+,18-,20-/m1/s1. The number of benzene rings is 2. The summed E-state index contributed by atoms with van der Waals surface area (Å²) < 4.78 is 5.22. The molecule has 0 saturated carbocycles. The molecular weight excluding hydrogens is 392 g/mol. The van der Waals surface area contributed by atoms with Gasteiger partial charge in [0.25, 0.3) is 0 Å². The number of amides is 3. The van der Waals surface area contributed by atoms with E-state index in [0.717, 1.165) is 0 Å². The van der Waals surface area contributed by atoms with Crippen molar-refractivity contribution in [2.75, 3.05) is 6.61 Å². The predicted molar refractivity (Wildman–Crippen MR) is 105 cm³/mol. The smallest absolute Gasteiger partial charge is 0.323 e. The third-order valence-electron chi connectivity index (χ3n) is 4.93. The molecule has 3 rings (SSSR count). The number of rotatable bonds is 5. The molecule has 5 atom stereocenters. The maximum Gasteiger partial charge on any atom is 0.323 e. The highest BCUT2D eigenvalue weighted by molar-refractivity contribution is 5.99. The summed E-state index contributed by atoms with van der Waals surface area (Å²) in [5.74, 6) is -1.36. The van der Waals surface area contributed by atoms with Gasteiger partial charge >= 0.3 is 6.03 Å². The number of carbonyl (C=O) groups excluding carboxylic acids is 2. The Hall–Kier alpha value is -2.82. The number of ether oxygens (including phenoxy) is 1. The Kier molecular flexibility index (Phi) is 7.14. The number of nitrogens with one attached hydrogen (secondary N) is 2. The van der Waals surface area contributed by atoms with Crippen molar-refractivity contribution in [1.82, 2.24) is 10.6 Å². The van der Waals surface area contributed by atoms with Gasteiger partial charge in [-0.1, -0.05) is 60.7 Å². The second kappa shape index (κ2) is 9.79. The van der Waals surface area contributed by atoms with Gasteiger partial charge in [-0.3, -0.25) is 10.1 Å². The fourth-order valence-electron chi connectivity index (χ4n) is 3.36. The molecule has 9 nitrogen and oxygen atoms in total. The minimum absolute atomic E-state index is 0.602. The highest BCUT2D eigenvalue weighted by Crippen LogP contribution is 2.25. The SMILES string of the molecule is O=C(NC(=O)C(c1ccccc1)c1ccccc1)N[C@@H]1O[C@H](CO)[C@@H](O)[C@H](O)[C@H]1O. The minimum atomic E-state index is -1.65. The zero-order chi connectivity index (χ0) is 21.7. The second-order valence-electron chi connectivity index (χ2n) is 6.97. The van der Waals surface area contributed by atoms with Crippen LogP contribution in [0.4, 0.5) is 4.79 Å². The van der Waals surface area contributed by atoms with Crippen molar-refractivity contribution >= 4 is 11.9 Å². The highest BCUT2D eigenvalue weighted by Gasteiger charge is 2.44. The van der Waals surface area contributed by atoms with E-state index in [1.165, 1.54) is 0 Å². The Morgan fingerprint density at radius 1 is 0.867 bits per heavy atom. The topological polar surface area (TPSA) is 148 Å². The maximum absolute atomic E-state index is 12.9. The van der Waals surface area contributed by atoms with Gasteiger partial charge in [0.15, 0.2) is 6.23 Å². The molecule has 2 aromatic rings. The molecular formula is C21H24N2O7. The molecule has 0 unspecified atom stereocenters. The zero-order valence-corrected chi connectivity index (χ0v) is 16.0. The summed E-state index contributed by atoms with van der Waals surface area (Å²) in [5.41, 5.74) is 1.36. The molecule has 160 valence electrons. The third kappa shape index (κ3) is 4.84. The van der Waals surface area contributed by atoms with Crippen molar-refractivity contribution in [3.63, 3.8) is 0 Å². The van der Waals surface area contributed by atoms with E-state index in [1.54, 1.807) is 48.5 Å². The van der Waals surface area contributed by atoms with Crippen LogP contribution in [0.3, 0.4) is 0 Å². The van der Waals surface area contributed by atoms with Gasteiger partial charge < -0.3 is 30.5 Å². The Bertz CT molecular complexity index is 807. The van der Waals surface area contributed by atoms with Gasteiger partial charge in [0.2, 0.25) is 5.91 Å². The van der Waals surface area contributed by atoms with Crippen LogP contribution in [0.5, 0.6) is 0 Å². The molecule has 1 aliphatic rings. The third-order valence-corrected chi connectivity index (χ3v) is 4.93. The molecule has 3 amide bonds. The van der Waals surface area contributed by atoms with E-state index < -0.39 is 55.1 Å². The molecule has 1 aliphatic heterocycles. The summed E-state index contributed by atoms with van der Waals surface area (Å²) in [5, 5.41) is 43.3. The predicted octanol–water partition coefficient (Wildman–Crippen LogP) is -0.556. The molecule has 9 heteroatoms. The van der Waals surface area contributed by atoms with E-state index in [2.05, 4.69) is 10.6 Å². The number of aliphatic hydroxyl groups excluding tert-OH is 4. The minimum Gasteiger partial charge on any atom is -0.394 e. The second-order valence-corrected chi connectivity index (χ2v) is 6.97. The van der Waals surface area contributed by atoms with Gasteiger partial charge in [0.05, 0.1) is 12.5 Å². The molecule has 1 heterocycles. The molecule has 0 bridgehead atoms. The van der Waals surface area contributed by atoms with Crippen LogP contribution >= 0.6 is 0 Å². The quantitative estimate of drug-likeness (QED) is 0.383. The molecule has 1 fully saturated rings. The van der Waals surface area contributed by atoms with E-state index >= 15 is 0 Å². The molecule has 0 radical (unpaired) electrons. The van der Waals surface area contributed by atoms with Crippen molar-refractivity contribution in [3.05, 3.63) is 71.8 Å². The van der Waals surface area contributed by atoms with Crippen molar-refractivity contribution in [3.8, 4) is 0 Å². The lowest BCUT2D eigenvalue weighted by Crippen LogP contribution is -2.64. The monoisotopic (exact) mass is 416 g/mol. The van der Waals surface area contributed by atoms with Crippen LogP contribution in [-0.4, -0.2) is 69.6 Å². The summed E-state index contributed by atoms with van der Waals surface area (Å²) in [6.07, 6.45) is -7.44. The summed E-state index contributed by atoms with van der Waals surface area (Å²) >= 11 is 0. The summed E-state index contributed by atoms with van der Waals surface area (Å²) in [6.45, 7) is -0.631. The zero-order valence-electron chi connectivity index (χ0n) is 16.0. The molecule has 0 aromatic heterocycles. The van der Waals surface area contributed by atoms with Crippen LogP contribution in [0, 0.1) is 0 Å². The molecule has 2 aromatic carbocycles. The van der Waals surface area contributed by atoms with Gasteiger partial charge in [-0.15, -0.1) is 0 Å². The number of carbonyl (C=O) groups is 2. The largest absolute Gasteiger partial charge is 0.394 e. The van der Waals surface area contributed by atoms with Crippen molar-refractivity contribution in [1.29, 1.82) is 0 Å². The first-order valence-corrected chi connectivity index (χ1v) is 9.44. The Morgan fingerprint density at radius 3 is 1.90 bits per heavy atom. The molecule has 6 N–H and O–H groups in total. The molecule has 0 spiro atoms. The maximum atomic E-state index is 12.9. The fourth-order valence-corrected chi connectivity index (χ4v) is 3.36. The van der Waals surface area contributed by atoms with Crippen molar-refractivity contribution < 1.29 is 34.8 Å². The van der Waals surface area contributed by atoms with Crippen molar-refractivity contribution in [2.45, 2.75) is 36.6 Å². The first-order valence-electron chi connectivity index (χ1n) is 9.44. The summed E-state index contributed by atoms with van der Waals surface area (Å²) in [7, 11) is 0. The number of urea groups is 1. The lowest BCUT2D eigenvalue weighted by atomic mass is 9.90. The van der Waals surface area contributed by atoms with Crippen LogP contribution in [0.2, 0.25) is 0 Å². The van der Waals surface area contributed by atoms with E-state index in [4.69, 9.17) is 4.74 Å². The molecule has 1 saturated heterocycles. The van der Waals surface area contributed by atoms with Gasteiger partial charge in [0.1, 0.15) is 24.4 Å². The van der Waals surface area contributed by atoms with Crippen LogP contribution < -0.4 is 10.6 Å². The number of aliphatic hydroxyl groups is 4. The fraction of sp³-hybridized carbons (Fsp3) is 0.333. The van der Waals surface area contributed by atoms with Gasteiger partial charge in [-0.25, -0.2) is 4.79 Å². The van der Waals surface area contributed by atoms with E-state index in [-0.39, 0.29) is 0 Å². The van der Waals surface area contributed by atoms with Crippen LogP contribution in [-0.2, 0) is 9.53 Å². The van der Waals surface area contributed by atoms with E-state index in [0.29, 0.717) is 11.1 Å². The summed E-state index contributed by atoms with van der Waals surface area (Å²) in [6, 6.07) is 16.9. The lowest BCUT2D eigenvalue weighted by Gasteiger charge is -2.40. The first-order chi connectivity index (χ1) is 14.4. The van der Waals surface area contributed by atoms with Crippen LogP contribution in [0.15, 0.2) is 60.7 Å². The highest BCUT2D eigenvalue weighted by atomic mass is 16.6. The molecule has 0 aliphatic carbocycles. The molecule has 30 heavy (non-hydrogen) atoms. The van der Waals surface area contributed by atoms with Crippen LogP contribution in [0.1, 0.15) is 17.0 Å². The Balaban J connectivity index is 1.72. The van der Waals surface area contributed by atoms with E-state index in [9.17, 15) is 30.0 Å². The average Bonchev–Trinajstić information content (AvgIpc) is 2.75. The first kappa shape index (κ1) is 21.9. The van der Waals surface area contributed by atoms with E-state index in [1.807, 2.05) is 12.1 Å². The van der Waals surface area contributed by atoms with Crippen molar-refractivity contribution in [2.24, 2.45) is 0 Å².